The van der Waals surface area contributed by atoms with Gasteiger partial charge in [0.05, 0.1) is 12.0 Å². The van der Waals surface area contributed by atoms with Crippen molar-refractivity contribution < 1.29 is 9.59 Å². The van der Waals surface area contributed by atoms with Gasteiger partial charge in [-0.15, -0.1) is 0 Å². The van der Waals surface area contributed by atoms with Crippen LogP contribution in [-0.2, 0) is 22.4 Å². The molecular formula is C22H25N3O2S. The highest BCUT2D eigenvalue weighted by Crippen LogP contribution is 2.30. The minimum absolute atomic E-state index is 0.0745. The standard InChI is InChI=1S/C22H25N3O2S/c23-12-17-6-3-9-25(17)22(27)21-20(19(28)13-24-21)18(26)11-14-7-8-15-4-1-2-5-16(15)10-14/h1-2,4-5,14,17,20-21,24H,3,6-11,13H2/t14-,17-,20?,21-/m0/s1. The lowest BCUT2D eigenvalue weighted by molar-refractivity contribution is -0.136. The van der Waals surface area contributed by atoms with E-state index in [-0.39, 0.29) is 17.7 Å². The number of hydrogen-bond acceptors (Lipinski definition) is 5. The molecule has 1 amide bonds. The Morgan fingerprint density at radius 1 is 1.25 bits per heavy atom. The van der Waals surface area contributed by atoms with E-state index in [1.165, 1.54) is 11.1 Å². The number of fused-ring (bicyclic) bond motifs is 1. The number of ketones is 1. The maximum absolute atomic E-state index is 13.2. The molecule has 0 bridgehead atoms. The van der Waals surface area contributed by atoms with Gasteiger partial charge >= 0.3 is 0 Å². The predicted octanol–water partition coefficient (Wildman–Crippen LogP) is 2.22. The number of aryl methyl sites for hydroxylation is 1. The first-order valence-electron chi connectivity index (χ1n) is 10.1. The average molecular weight is 396 g/mol. The van der Waals surface area contributed by atoms with Gasteiger partial charge in [0.25, 0.3) is 0 Å². The number of hydrogen-bond donors (Lipinski definition) is 1. The van der Waals surface area contributed by atoms with Crippen LogP contribution in [-0.4, -0.2) is 46.6 Å². The minimum Gasteiger partial charge on any atom is -0.325 e. The summed E-state index contributed by atoms with van der Waals surface area (Å²) in [6, 6.07) is 9.65. The summed E-state index contributed by atoms with van der Waals surface area (Å²) in [7, 11) is 0. The molecule has 146 valence electrons. The summed E-state index contributed by atoms with van der Waals surface area (Å²) in [6.07, 6.45) is 4.92. The van der Waals surface area contributed by atoms with Crippen LogP contribution in [0.4, 0.5) is 0 Å². The molecule has 6 heteroatoms. The molecule has 3 aliphatic rings. The molecule has 0 saturated carbocycles. The Kier molecular flexibility index (Phi) is 5.56. The van der Waals surface area contributed by atoms with Crippen LogP contribution < -0.4 is 5.32 Å². The molecule has 1 unspecified atom stereocenters. The van der Waals surface area contributed by atoms with Crippen molar-refractivity contribution in [3.8, 4) is 6.07 Å². The normalized spacial score (nSPS) is 29.4. The van der Waals surface area contributed by atoms with Crippen LogP contribution in [0.5, 0.6) is 0 Å². The van der Waals surface area contributed by atoms with Gasteiger partial charge in [-0.25, -0.2) is 0 Å². The van der Waals surface area contributed by atoms with Gasteiger partial charge in [0.1, 0.15) is 17.9 Å². The number of carbonyl (C=O) groups is 2. The first kappa shape index (κ1) is 19.2. The molecule has 5 nitrogen and oxygen atoms in total. The Labute approximate surface area is 171 Å². The van der Waals surface area contributed by atoms with Crippen LogP contribution in [0.2, 0.25) is 0 Å². The fraction of sp³-hybridized carbons (Fsp3) is 0.545. The van der Waals surface area contributed by atoms with Crippen LogP contribution in [0.15, 0.2) is 24.3 Å². The van der Waals surface area contributed by atoms with E-state index in [1.807, 2.05) is 0 Å². The maximum Gasteiger partial charge on any atom is 0.241 e. The molecule has 2 heterocycles. The zero-order valence-corrected chi connectivity index (χ0v) is 16.7. The highest BCUT2D eigenvalue weighted by Gasteiger charge is 2.45. The van der Waals surface area contributed by atoms with Gasteiger partial charge in [-0.2, -0.15) is 5.26 Å². The average Bonchev–Trinajstić information content (AvgIpc) is 3.33. The zero-order valence-electron chi connectivity index (χ0n) is 15.9. The highest BCUT2D eigenvalue weighted by molar-refractivity contribution is 7.80. The summed E-state index contributed by atoms with van der Waals surface area (Å²) in [4.78, 5) is 28.4. The first-order chi connectivity index (χ1) is 13.6. The summed E-state index contributed by atoms with van der Waals surface area (Å²) in [5.74, 6) is -0.304. The Morgan fingerprint density at radius 3 is 2.82 bits per heavy atom. The molecule has 2 aliphatic heterocycles. The van der Waals surface area contributed by atoms with Crippen molar-refractivity contribution in [3.63, 3.8) is 0 Å². The number of rotatable bonds is 4. The van der Waals surface area contributed by atoms with Gasteiger partial charge < -0.3 is 10.2 Å². The number of nitrogens with one attached hydrogen (secondary N) is 1. The number of benzene rings is 1. The largest absolute Gasteiger partial charge is 0.325 e. The van der Waals surface area contributed by atoms with E-state index in [9.17, 15) is 14.9 Å². The second-order valence-electron chi connectivity index (χ2n) is 8.17. The van der Waals surface area contributed by atoms with Crippen molar-refractivity contribution >= 4 is 28.8 Å². The van der Waals surface area contributed by atoms with Crippen LogP contribution in [0.3, 0.4) is 0 Å². The second-order valence-corrected chi connectivity index (χ2v) is 8.69. The molecule has 1 aromatic rings. The fourth-order valence-electron chi connectivity index (χ4n) is 4.92. The number of thiocarbonyl (C=S) groups is 1. The third kappa shape index (κ3) is 3.61. The third-order valence-corrected chi connectivity index (χ3v) is 6.81. The maximum atomic E-state index is 13.2. The number of amides is 1. The van der Waals surface area contributed by atoms with E-state index in [4.69, 9.17) is 12.2 Å². The van der Waals surface area contributed by atoms with E-state index in [2.05, 4.69) is 35.7 Å². The third-order valence-electron chi connectivity index (χ3n) is 6.41. The smallest absolute Gasteiger partial charge is 0.241 e. The van der Waals surface area contributed by atoms with E-state index >= 15 is 0 Å². The summed E-state index contributed by atoms with van der Waals surface area (Å²) in [6.45, 7) is 1.00. The lowest BCUT2D eigenvalue weighted by Gasteiger charge is -2.28. The Morgan fingerprint density at radius 2 is 2.04 bits per heavy atom. The van der Waals surface area contributed by atoms with Crippen molar-refractivity contribution in [1.82, 2.24) is 10.2 Å². The monoisotopic (exact) mass is 395 g/mol. The highest BCUT2D eigenvalue weighted by atomic mass is 32.1. The van der Waals surface area contributed by atoms with Crippen LogP contribution in [0, 0.1) is 23.2 Å². The molecule has 1 aliphatic carbocycles. The number of carbonyl (C=O) groups excluding carboxylic acids is 2. The predicted molar refractivity (Wildman–Crippen MR) is 110 cm³/mol. The Balaban J connectivity index is 1.44. The number of likely N-dealkylation sites (tertiary alicyclic amines) is 1. The van der Waals surface area contributed by atoms with Crippen LogP contribution >= 0.6 is 12.2 Å². The number of nitrogens with zero attached hydrogens (tertiary/aromatic N) is 2. The van der Waals surface area contributed by atoms with Gasteiger partial charge in [-0.05, 0) is 49.1 Å². The quantitative estimate of drug-likeness (QED) is 0.792. The van der Waals surface area contributed by atoms with Crippen molar-refractivity contribution in [2.75, 3.05) is 13.1 Å². The molecule has 4 rings (SSSR count). The minimum atomic E-state index is -0.607. The van der Waals surface area contributed by atoms with E-state index in [0.29, 0.717) is 36.7 Å². The summed E-state index contributed by atoms with van der Waals surface area (Å²) >= 11 is 5.46. The first-order valence-corrected chi connectivity index (χ1v) is 10.5. The molecule has 2 saturated heterocycles. The van der Waals surface area contributed by atoms with E-state index in [0.717, 1.165) is 25.7 Å². The molecule has 1 aromatic carbocycles. The molecule has 0 spiro atoms. The summed E-state index contributed by atoms with van der Waals surface area (Å²) in [5, 5.41) is 12.4. The lowest BCUT2D eigenvalue weighted by atomic mass is 9.79. The van der Waals surface area contributed by atoms with Crippen molar-refractivity contribution in [3.05, 3.63) is 35.4 Å². The SMILES string of the molecule is N#C[C@@H]1CCCN1C(=O)[C@H]1NCC(=S)C1C(=O)C[C@H]1CCc2ccccc2C1. The molecule has 2 fully saturated rings. The lowest BCUT2D eigenvalue weighted by Crippen LogP contribution is -2.49. The van der Waals surface area contributed by atoms with Gasteiger partial charge in [0.2, 0.25) is 5.91 Å². The number of nitriles is 1. The van der Waals surface area contributed by atoms with Gasteiger partial charge in [-0.1, -0.05) is 36.5 Å². The second kappa shape index (κ2) is 8.10. The topological polar surface area (TPSA) is 73.2 Å². The summed E-state index contributed by atoms with van der Waals surface area (Å²) < 4.78 is 0. The fourth-order valence-corrected chi connectivity index (χ4v) is 5.27. The van der Waals surface area contributed by atoms with Gasteiger partial charge in [-0.3, -0.25) is 9.59 Å². The van der Waals surface area contributed by atoms with Crippen molar-refractivity contribution in [1.29, 1.82) is 5.26 Å². The van der Waals surface area contributed by atoms with Crippen LogP contribution in [0.1, 0.15) is 36.8 Å². The Bertz CT molecular complexity index is 846. The van der Waals surface area contributed by atoms with Crippen LogP contribution in [0.25, 0.3) is 0 Å². The summed E-state index contributed by atoms with van der Waals surface area (Å²) in [5.41, 5.74) is 2.72. The van der Waals surface area contributed by atoms with E-state index < -0.39 is 12.0 Å². The molecule has 4 atom stereocenters. The van der Waals surface area contributed by atoms with Gasteiger partial charge in [0, 0.05) is 24.4 Å². The molecule has 1 N–H and O–H groups in total. The van der Waals surface area contributed by atoms with E-state index in [1.54, 1.807) is 4.90 Å². The molecular weight excluding hydrogens is 370 g/mol. The molecule has 0 radical (unpaired) electrons. The van der Waals surface area contributed by atoms with Gasteiger partial charge in [0.15, 0.2) is 0 Å². The molecule has 0 aromatic heterocycles. The van der Waals surface area contributed by atoms with Crippen molar-refractivity contribution in [2.24, 2.45) is 11.8 Å². The van der Waals surface area contributed by atoms with Crippen molar-refractivity contribution in [2.45, 2.75) is 50.6 Å². The number of Topliss-reactive ketones (excluding diaryl/α,β-unsaturated/α-hetero) is 1. The zero-order chi connectivity index (χ0) is 19.7. The Hall–Kier alpha value is -2.10. The molecule has 28 heavy (non-hydrogen) atoms.